The first kappa shape index (κ1) is 16.2. The molecular formula is C24H40. The molecule has 6 rings (SSSR count). The molecule has 0 heterocycles. The zero-order valence-electron chi connectivity index (χ0n) is 16.0. The second-order valence-corrected chi connectivity index (χ2v) is 11.1. The third-order valence-corrected chi connectivity index (χ3v) is 9.34. The summed E-state index contributed by atoms with van der Waals surface area (Å²) >= 11 is 0. The second kappa shape index (κ2) is 6.62. The van der Waals surface area contributed by atoms with Gasteiger partial charge in [0, 0.05) is 0 Å². The van der Waals surface area contributed by atoms with Crippen molar-refractivity contribution in [3.05, 3.63) is 0 Å². The molecule has 6 aliphatic carbocycles. The van der Waals surface area contributed by atoms with Gasteiger partial charge in [-0.05, 0) is 85.9 Å². The Balaban J connectivity index is 1.35. The first-order valence-corrected chi connectivity index (χ1v) is 11.8. The van der Waals surface area contributed by atoms with Gasteiger partial charge in [0.2, 0.25) is 0 Å². The van der Waals surface area contributed by atoms with Gasteiger partial charge in [-0.1, -0.05) is 64.2 Å². The predicted molar refractivity (Wildman–Crippen MR) is 102 cm³/mol. The van der Waals surface area contributed by atoms with Crippen LogP contribution in [0.4, 0.5) is 0 Å². The fourth-order valence-electron chi connectivity index (χ4n) is 8.88. The highest BCUT2D eigenvalue weighted by atomic mass is 14.6. The molecule has 0 N–H and O–H groups in total. The van der Waals surface area contributed by atoms with Gasteiger partial charge in [0.25, 0.3) is 0 Å². The molecule has 0 aliphatic heterocycles. The topological polar surface area (TPSA) is 0 Å². The molecular weight excluding hydrogens is 288 g/mol. The SMILES string of the molecule is C1CCC(C(CC23CC4CC(CC(C4)C2)C3)C2CCCCC2)CC1. The normalized spacial score (nSPS) is 43.6. The van der Waals surface area contributed by atoms with Gasteiger partial charge in [-0.15, -0.1) is 0 Å². The smallest absolute Gasteiger partial charge is 0.0287 e. The third-order valence-electron chi connectivity index (χ3n) is 9.34. The average molecular weight is 329 g/mol. The van der Waals surface area contributed by atoms with Crippen molar-refractivity contribution in [1.82, 2.24) is 0 Å². The molecule has 0 aromatic rings. The van der Waals surface area contributed by atoms with Crippen molar-refractivity contribution in [2.75, 3.05) is 0 Å². The third kappa shape index (κ3) is 3.09. The van der Waals surface area contributed by atoms with E-state index in [1.54, 1.807) is 96.3 Å². The van der Waals surface area contributed by atoms with Crippen LogP contribution in [0, 0.1) is 40.9 Å². The van der Waals surface area contributed by atoms with Crippen LogP contribution in [0.5, 0.6) is 0 Å². The molecule has 136 valence electrons. The van der Waals surface area contributed by atoms with Crippen LogP contribution in [0.2, 0.25) is 0 Å². The fraction of sp³-hybridized carbons (Fsp3) is 1.00. The molecule has 6 aliphatic rings. The molecule has 0 aromatic carbocycles. The lowest BCUT2D eigenvalue weighted by Crippen LogP contribution is -2.48. The van der Waals surface area contributed by atoms with Gasteiger partial charge < -0.3 is 0 Å². The van der Waals surface area contributed by atoms with E-state index in [0.29, 0.717) is 0 Å². The van der Waals surface area contributed by atoms with Crippen molar-refractivity contribution in [2.45, 2.75) is 109 Å². The highest BCUT2D eigenvalue weighted by Gasteiger charge is 2.52. The summed E-state index contributed by atoms with van der Waals surface area (Å²) in [5, 5.41) is 0. The van der Waals surface area contributed by atoms with E-state index in [9.17, 15) is 0 Å². The van der Waals surface area contributed by atoms with Crippen molar-refractivity contribution < 1.29 is 0 Å². The summed E-state index contributed by atoms with van der Waals surface area (Å²) in [6.45, 7) is 0. The Bertz CT molecular complexity index is 370. The fourth-order valence-corrected chi connectivity index (χ4v) is 8.88. The van der Waals surface area contributed by atoms with Gasteiger partial charge >= 0.3 is 0 Å². The predicted octanol–water partition coefficient (Wildman–Crippen LogP) is 7.37. The van der Waals surface area contributed by atoms with Crippen LogP contribution in [0.3, 0.4) is 0 Å². The maximum Gasteiger partial charge on any atom is -0.0287 e. The molecule has 0 heteroatoms. The highest BCUT2D eigenvalue weighted by molar-refractivity contribution is 5.03. The minimum absolute atomic E-state index is 0.828. The Hall–Kier alpha value is 0. The maximum atomic E-state index is 1.67. The van der Waals surface area contributed by atoms with Gasteiger partial charge in [-0.25, -0.2) is 0 Å². The van der Waals surface area contributed by atoms with E-state index in [0.717, 1.165) is 40.9 Å². The number of hydrogen-bond acceptors (Lipinski definition) is 0. The Labute approximate surface area is 150 Å². The van der Waals surface area contributed by atoms with E-state index in [1.165, 1.54) is 12.8 Å². The van der Waals surface area contributed by atoms with Gasteiger partial charge in [0.15, 0.2) is 0 Å². The molecule has 0 amide bonds. The van der Waals surface area contributed by atoms with E-state index < -0.39 is 0 Å². The number of hydrogen-bond donors (Lipinski definition) is 0. The zero-order valence-corrected chi connectivity index (χ0v) is 16.0. The Kier molecular flexibility index (Phi) is 4.47. The minimum atomic E-state index is 0.828. The summed E-state index contributed by atoms with van der Waals surface area (Å²) in [6.07, 6.45) is 27.1. The lowest BCUT2D eigenvalue weighted by molar-refractivity contribution is -0.0780. The number of rotatable bonds is 4. The van der Waals surface area contributed by atoms with E-state index in [4.69, 9.17) is 0 Å². The average Bonchev–Trinajstić information content (AvgIpc) is 2.60. The van der Waals surface area contributed by atoms with Crippen LogP contribution >= 0.6 is 0 Å². The van der Waals surface area contributed by atoms with Crippen LogP contribution in [0.15, 0.2) is 0 Å². The minimum Gasteiger partial charge on any atom is -0.0533 e. The maximum absolute atomic E-state index is 1.67. The lowest BCUT2D eigenvalue weighted by Gasteiger charge is -2.59. The highest BCUT2D eigenvalue weighted by Crippen LogP contribution is 2.63. The van der Waals surface area contributed by atoms with Crippen molar-refractivity contribution in [2.24, 2.45) is 40.9 Å². The molecule has 6 fully saturated rings. The molecule has 0 atom stereocenters. The monoisotopic (exact) mass is 328 g/mol. The summed E-state index contributed by atoms with van der Waals surface area (Å²) < 4.78 is 0. The molecule has 0 spiro atoms. The Morgan fingerprint density at radius 2 is 1.00 bits per heavy atom. The second-order valence-electron chi connectivity index (χ2n) is 11.1. The van der Waals surface area contributed by atoms with Crippen molar-refractivity contribution in [1.29, 1.82) is 0 Å². The quantitative estimate of drug-likeness (QED) is 0.505. The van der Waals surface area contributed by atoms with E-state index in [2.05, 4.69) is 0 Å². The standard InChI is InChI=1S/C24H40/c1-3-7-21(8-4-1)23(22-9-5-2-6-10-22)17-24-14-18-11-19(15-24)13-20(12-18)16-24/h18-23H,1-17H2. The summed E-state index contributed by atoms with van der Waals surface area (Å²) in [7, 11) is 0. The molecule has 24 heavy (non-hydrogen) atoms. The molecule has 0 nitrogen and oxygen atoms in total. The van der Waals surface area contributed by atoms with Crippen LogP contribution < -0.4 is 0 Å². The summed E-state index contributed by atoms with van der Waals surface area (Å²) in [6, 6.07) is 0. The lowest BCUT2D eigenvalue weighted by atomic mass is 9.47. The zero-order chi connectivity index (χ0) is 16.0. The van der Waals surface area contributed by atoms with Crippen molar-refractivity contribution in [3.63, 3.8) is 0 Å². The molecule has 0 unspecified atom stereocenters. The van der Waals surface area contributed by atoms with Crippen LogP contribution in [-0.2, 0) is 0 Å². The van der Waals surface area contributed by atoms with Gasteiger partial charge in [0.05, 0.1) is 0 Å². The van der Waals surface area contributed by atoms with Crippen molar-refractivity contribution >= 4 is 0 Å². The Morgan fingerprint density at radius 3 is 1.42 bits per heavy atom. The summed E-state index contributed by atoms with van der Waals surface area (Å²) in [5.74, 6) is 6.81. The largest absolute Gasteiger partial charge is 0.0533 e. The van der Waals surface area contributed by atoms with Gasteiger partial charge in [-0.2, -0.15) is 0 Å². The molecule has 4 bridgehead atoms. The van der Waals surface area contributed by atoms with Gasteiger partial charge in [-0.3, -0.25) is 0 Å². The molecule has 6 saturated carbocycles. The molecule has 0 saturated heterocycles. The van der Waals surface area contributed by atoms with Gasteiger partial charge in [0.1, 0.15) is 0 Å². The van der Waals surface area contributed by atoms with Crippen LogP contribution in [0.1, 0.15) is 109 Å². The first-order valence-electron chi connectivity index (χ1n) is 11.8. The summed E-state index contributed by atoms with van der Waals surface area (Å²) in [4.78, 5) is 0. The van der Waals surface area contributed by atoms with Crippen molar-refractivity contribution in [3.8, 4) is 0 Å². The van der Waals surface area contributed by atoms with E-state index in [-0.39, 0.29) is 0 Å². The van der Waals surface area contributed by atoms with Crippen LogP contribution in [0.25, 0.3) is 0 Å². The first-order chi connectivity index (χ1) is 11.8. The summed E-state index contributed by atoms with van der Waals surface area (Å²) in [5.41, 5.74) is 0.828. The van der Waals surface area contributed by atoms with E-state index in [1.807, 2.05) is 0 Å². The van der Waals surface area contributed by atoms with E-state index >= 15 is 0 Å². The van der Waals surface area contributed by atoms with Crippen LogP contribution in [-0.4, -0.2) is 0 Å². The molecule has 0 radical (unpaired) electrons. The molecule has 0 aromatic heterocycles. The Morgan fingerprint density at radius 1 is 0.583 bits per heavy atom.